The average molecular weight is 262 g/mol. The van der Waals surface area contributed by atoms with E-state index in [1.54, 1.807) is 6.20 Å². The SMILES string of the molecule is COC(=O)CCSc1c(N)ccc2cccnc12. The molecule has 4 nitrogen and oxygen atoms in total. The fourth-order valence-corrected chi connectivity index (χ4v) is 2.64. The Labute approximate surface area is 110 Å². The Kier molecular flexibility index (Phi) is 4.04. The number of hydrogen-bond donors (Lipinski definition) is 1. The van der Waals surface area contributed by atoms with Crippen LogP contribution in [0.15, 0.2) is 35.4 Å². The van der Waals surface area contributed by atoms with Gasteiger partial charge in [0.15, 0.2) is 0 Å². The lowest BCUT2D eigenvalue weighted by atomic mass is 10.2. The van der Waals surface area contributed by atoms with Gasteiger partial charge in [-0.15, -0.1) is 11.8 Å². The molecular weight excluding hydrogens is 248 g/mol. The smallest absolute Gasteiger partial charge is 0.306 e. The third-order valence-electron chi connectivity index (χ3n) is 2.54. The van der Waals surface area contributed by atoms with E-state index in [9.17, 15) is 4.79 Å². The number of anilines is 1. The Balaban J connectivity index is 2.21. The fourth-order valence-electron chi connectivity index (χ4n) is 1.62. The van der Waals surface area contributed by atoms with Crippen LogP contribution in [0.1, 0.15) is 6.42 Å². The van der Waals surface area contributed by atoms with Gasteiger partial charge in [-0.05, 0) is 12.1 Å². The predicted molar refractivity (Wildman–Crippen MR) is 73.5 cm³/mol. The summed E-state index contributed by atoms with van der Waals surface area (Å²) in [5, 5.41) is 1.05. The quantitative estimate of drug-likeness (QED) is 0.521. The number of nitrogen functional groups attached to an aromatic ring is 1. The first kappa shape index (κ1) is 12.7. The highest BCUT2D eigenvalue weighted by atomic mass is 32.2. The van der Waals surface area contributed by atoms with Gasteiger partial charge in [0.1, 0.15) is 0 Å². The number of nitrogens with zero attached hydrogens (tertiary/aromatic N) is 1. The van der Waals surface area contributed by atoms with Gasteiger partial charge in [-0.3, -0.25) is 9.78 Å². The van der Waals surface area contributed by atoms with Crippen molar-refractivity contribution in [2.75, 3.05) is 18.6 Å². The van der Waals surface area contributed by atoms with Crippen molar-refractivity contribution in [1.82, 2.24) is 4.98 Å². The van der Waals surface area contributed by atoms with Crippen LogP contribution in [0.4, 0.5) is 5.69 Å². The van der Waals surface area contributed by atoms with Crippen molar-refractivity contribution in [3.05, 3.63) is 30.5 Å². The molecule has 0 saturated carbocycles. The Morgan fingerprint density at radius 1 is 1.44 bits per heavy atom. The van der Waals surface area contributed by atoms with Gasteiger partial charge in [0.05, 0.1) is 23.9 Å². The maximum absolute atomic E-state index is 11.1. The van der Waals surface area contributed by atoms with Crippen molar-refractivity contribution >= 4 is 34.3 Å². The maximum Gasteiger partial charge on any atom is 0.306 e. The summed E-state index contributed by atoms with van der Waals surface area (Å²) >= 11 is 1.53. The first-order chi connectivity index (χ1) is 8.72. The molecule has 0 atom stereocenters. The van der Waals surface area contributed by atoms with Gasteiger partial charge >= 0.3 is 5.97 Å². The van der Waals surface area contributed by atoms with Crippen LogP contribution in [0.25, 0.3) is 10.9 Å². The summed E-state index contributed by atoms with van der Waals surface area (Å²) in [5.74, 6) is 0.418. The lowest BCUT2D eigenvalue weighted by molar-refractivity contribution is -0.140. The third kappa shape index (κ3) is 2.73. The summed E-state index contributed by atoms with van der Waals surface area (Å²) in [6.45, 7) is 0. The molecule has 2 aromatic rings. The van der Waals surface area contributed by atoms with Gasteiger partial charge in [-0.1, -0.05) is 12.1 Å². The van der Waals surface area contributed by atoms with Crippen molar-refractivity contribution in [3.63, 3.8) is 0 Å². The minimum atomic E-state index is -0.214. The van der Waals surface area contributed by atoms with E-state index >= 15 is 0 Å². The molecule has 94 valence electrons. The van der Waals surface area contributed by atoms with Crippen LogP contribution < -0.4 is 5.73 Å². The molecule has 0 aliphatic rings. The summed E-state index contributed by atoms with van der Waals surface area (Å²) in [4.78, 5) is 16.3. The van der Waals surface area contributed by atoms with Crippen LogP contribution in [0.2, 0.25) is 0 Å². The predicted octanol–water partition coefficient (Wildman–Crippen LogP) is 2.47. The fraction of sp³-hybridized carbons (Fsp3) is 0.231. The van der Waals surface area contributed by atoms with Crippen LogP contribution in [0, 0.1) is 0 Å². The van der Waals surface area contributed by atoms with Gasteiger partial charge < -0.3 is 10.5 Å². The molecule has 0 amide bonds. The average Bonchev–Trinajstić information content (AvgIpc) is 2.41. The number of methoxy groups -OCH3 is 1. The van der Waals surface area contributed by atoms with Crippen molar-refractivity contribution in [2.45, 2.75) is 11.3 Å². The Morgan fingerprint density at radius 3 is 3.06 bits per heavy atom. The zero-order chi connectivity index (χ0) is 13.0. The lowest BCUT2D eigenvalue weighted by Gasteiger charge is -2.08. The number of benzene rings is 1. The Bertz CT molecular complexity index is 572. The molecule has 0 spiro atoms. The molecule has 2 N–H and O–H groups in total. The number of carbonyl (C=O) groups is 1. The zero-order valence-corrected chi connectivity index (χ0v) is 10.9. The highest BCUT2D eigenvalue weighted by Crippen LogP contribution is 2.32. The van der Waals surface area contributed by atoms with Gasteiger partial charge in [-0.25, -0.2) is 0 Å². The van der Waals surface area contributed by atoms with Crippen LogP contribution in [-0.4, -0.2) is 23.8 Å². The van der Waals surface area contributed by atoms with Crippen molar-refractivity contribution in [3.8, 4) is 0 Å². The summed E-state index contributed by atoms with van der Waals surface area (Å²) in [5.41, 5.74) is 7.53. The maximum atomic E-state index is 11.1. The highest BCUT2D eigenvalue weighted by Gasteiger charge is 2.08. The molecule has 1 aromatic heterocycles. The number of pyridine rings is 1. The second kappa shape index (κ2) is 5.73. The van der Waals surface area contributed by atoms with Crippen LogP contribution in [0.5, 0.6) is 0 Å². The molecule has 0 saturated heterocycles. The molecule has 18 heavy (non-hydrogen) atoms. The van der Waals surface area contributed by atoms with E-state index in [1.807, 2.05) is 24.3 Å². The van der Waals surface area contributed by atoms with Crippen molar-refractivity contribution in [1.29, 1.82) is 0 Å². The molecule has 2 rings (SSSR count). The van der Waals surface area contributed by atoms with Crippen molar-refractivity contribution in [2.24, 2.45) is 0 Å². The number of hydrogen-bond acceptors (Lipinski definition) is 5. The second-order valence-electron chi connectivity index (χ2n) is 3.73. The molecule has 0 unspecified atom stereocenters. The molecular formula is C13H14N2O2S. The summed E-state index contributed by atoms with van der Waals surface area (Å²) in [7, 11) is 1.39. The van der Waals surface area contributed by atoms with Gasteiger partial charge in [0, 0.05) is 23.0 Å². The molecule has 1 heterocycles. The number of esters is 1. The highest BCUT2D eigenvalue weighted by molar-refractivity contribution is 7.99. The largest absolute Gasteiger partial charge is 0.469 e. The first-order valence-corrected chi connectivity index (χ1v) is 6.53. The number of aromatic nitrogens is 1. The second-order valence-corrected chi connectivity index (χ2v) is 4.84. The van der Waals surface area contributed by atoms with Gasteiger partial charge in [-0.2, -0.15) is 0 Å². The number of nitrogens with two attached hydrogens (primary N) is 1. The summed E-state index contributed by atoms with van der Waals surface area (Å²) < 4.78 is 4.61. The van der Waals surface area contributed by atoms with E-state index in [2.05, 4.69) is 9.72 Å². The minimum absolute atomic E-state index is 0.214. The lowest BCUT2D eigenvalue weighted by Crippen LogP contribution is -2.01. The molecule has 0 radical (unpaired) electrons. The molecule has 0 fully saturated rings. The van der Waals surface area contributed by atoms with Crippen LogP contribution in [0.3, 0.4) is 0 Å². The van der Waals surface area contributed by atoms with E-state index in [1.165, 1.54) is 18.9 Å². The van der Waals surface area contributed by atoms with E-state index in [-0.39, 0.29) is 5.97 Å². The monoisotopic (exact) mass is 262 g/mol. The normalized spacial score (nSPS) is 10.5. The first-order valence-electron chi connectivity index (χ1n) is 5.55. The molecule has 0 aliphatic heterocycles. The van der Waals surface area contributed by atoms with Crippen molar-refractivity contribution < 1.29 is 9.53 Å². The van der Waals surface area contributed by atoms with E-state index in [0.29, 0.717) is 17.9 Å². The van der Waals surface area contributed by atoms with Gasteiger partial charge in [0.2, 0.25) is 0 Å². The number of carbonyl (C=O) groups excluding carboxylic acids is 1. The number of thioether (sulfide) groups is 1. The van der Waals surface area contributed by atoms with E-state index in [4.69, 9.17) is 5.73 Å². The third-order valence-corrected chi connectivity index (χ3v) is 3.66. The van der Waals surface area contributed by atoms with Crippen LogP contribution >= 0.6 is 11.8 Å². The Hall–Kier alpha value is -1.75. The number of fused-ring (bicyclic) bond motifs is 1. The minimum Gasteiger partial charge on any atom is -0.469 e. The van der Waals surface area contributed by atoms with Gasteiger partial charge in [0.25, 0.3) is 0 Å². The summed E-state index contributed by atoms with van der Waals surface area (Å²) in [6.07, 6.45) is 2.11. The molecule has 0 bridgehead atoms. The number of rotatable bonds is 4. The van der Waals surface area contributed by atoms with E-state index < -0.39 is 0 Å². The molecule has 5 heteroatoms. The topological polar surface area (TPSA) is 65.2 Å². The zero-order valence-electron chi connectivity index (χ0n) is 10.1. The summed E-state index contributed by atoms with van der Waals surface area (Å²) in [6, 6.07) is 7.69. The standard InChI is InChI=1S/C13H14N2O2S/c1-17-11(16)6-8-18-13-10(14)5-4-9-3-2-7-15-12(9)13/h2-5,7H,6,8,14H2,1H3. The van der Waals surface area contributed by atoms with Crippen LogP contribution in [-0.2, 0) is 9.53 Å². The molecule has 1 aromatic carbocycles. The van der Waals surface area contributed by atoms with E-state index in [0.717, 1.165) is 15.8 Å². The number of ether oxygens (including phenoxy) is 1. The molecule has 0 aliphatic carbocycles. The Morgan fingerprint density at radius 2 is 2.28 bits per heavy atom.